The summed E-state index contributed by atoms with van der Waals surface area (Å²) in [6.07, 6.45) is 2.68. The van der Waals surface area contributed by atoms with Crippen molar-refractivity contribution in [3.05, 3.63) is 18.2 Å². The van der Waals surface area contributed by atoms with Crippen LogP contribution in [-0.4, -0.2) is 44.7 Å². The van der Waals surface area contributed by atoms with Crippen LogP contribution in [0.25, 0.3) is 0 Å². The molecule has 1 aromatic rings. The molecule has 1 saturated heterocycles. The monoisotopic (exact) mass is 263 g/mol. The van der Waals surface area contributed by atoms with E-state index in [4.69, 9.17) is 10.5 Å². The number of nitrogens with two attached hydrogens (primary N) is 1. The van der Waals surface area contributed by atoms with Crippen LogP contribution in [0.4, 0.5) is 11.4 Å². The minimum atomic E-state index is 0.644. The average Bonchev–Trinajstić information content (AvgIpc) is 2.92. The first-order valence-electron chi connectivity index (χ1n) is 7.17. The van der Waals surface area contributed by atoms with Gasteiger partial charge >= 0.3 is 0 Å². The molecular formula is C15H25N3O. The summed E-state index contributed by atoms with van der Waals surface area (Å²) < 4.78 is 5.54. The second kappa shape index (κ2) is 6.66. The van der Waals surface area contributed by atoms with Crippen molar-refractivity contribution in [3.63, 3.8) is 0 Å². The zero-order valence-electron chi connectivity index (χ0n) is 12.1. The van der Waals surface area contributed by atoms with Crippen LogP contribution in [0, 0.1) is 0 Å². The third-order valence-electron chi connectivity index (χ3n) is 3.70. The van der Waals surface area contributed by atoms with Crippen molar-refractivity contribution in [2.45, 2.75) is 19.8 Å². The number of hydrogen-bond acceptors (Lipinski definition) is 4. The first-order chi connectivity index (χ1) is 9.22. The van der Waals surface area contributed by atoms with Crippen molar-refractivity contribution in [1.82, 2.24) is 4.90 Å². The number of rotatable bonds is 6. The van der Waals surface area contributed by atoms with Crippen molar-refractivity contribution >= 4 is 11.4 Å². The van der Waals surface area contributed by atoms with Gasteiger partial charge in [0.05, 0.1) is 18.0 Å². The van der Waals surface area contributed by atoms with Crippen LogP contribution >= 0.6 is 0 Å². The molecule has 1 aliphatic rings. The summed E-state index contributed by atoms with van der Waals surface area (Å²) >= 11 is 0. The molecule has 2 N–H and O–H groups in total. The number of nitrogens with zero attached hydrogens (tertiary/aromatic N) is 2. The maximum atomic E-state index is 6.17. The number of likely N-dealkylation sites (tertiary alicyclic amines) is 1. The molecule has 0 aromatic heterocycles. The fourth-order valence-electron chi connectivity index (χ4n) is 2.56. The van der Waals surface area contributed by atoms with Crippen molar-refractivity contribution in [2.75, 3.05) is 50.5 Å². The second-order valence-electron chi connectivity index (χ2n) is 5.09. The van der Waals surface area contributed by atoms with Crippen LogP contribution in [0.5, 0.6) is 5.75 Å². The number of para-hydroxylation sites is 1. The first kappa shape index (κ1) is 14.0. The molecule has 106 valence electrons. The molecule has 1 aliphatic heterocycles. The van der Waals surface area contributed by atoms with Gasteiger partial charge in [-0.15, -0.1) is 0 Å². The molecule has 0 unspecified atom stereocenters. The summed E-state index contributed by atoms with van der Waals surface area (Å²) in [6, 6.07) is 5.99. The lowest BCUT2D eigenvalue weighted by molar-refractivity contribution is 0.341. The molecule has 2 rings (SSSR count). The van der Waals surface area contributed by atoms with Crippen LogP contribution in [0.2, 0.25) is 0 Å². The van der Waals surface area contributed by atoms with Gasteiger partial charge in [0.2, 0.25) is 0 Å². The Morgan fingerprint density at radius 2 is 2.05 bits per heavy atom. The Hall–Kier alpha value is -1.42. The van der Waals surface area contributed by atoms with E-state index in [9.17, 15) is 0 Å². The van der Waals surface area contributed by atoms with Gasteiger partial charge in [0.15, 0.2) is 0 Å². The molecular weight excluding hydrogens is 238 g/mol. The molecule has 0 aliphatic carbocycles. The Kier molecular flexibility index (Phi) is 4.91. The maximum absolute atomic E-state index is 6.17. The predicted octanol–water partition coefficient (Wildman–Crippen LogP) is 2.20. The highest BCUT2D eigenvalue weighted by Crippen LogP contribution is 2.31. The Labute approximate surface area is 116 Å². The molecule has 1 aromatic carbocycles. The minimum Gasteiger partial charge on any atom is -0.492 e. The Morgan fingerprint density at radius 3 is 2.74 bits per heavy atom. The van der Waals surface area contributed by atoms with E-state index in [-0.39, 0.29) is 0 Å². The number of ether oxygens (including phenoxy) is 1. The number of anilines is 2. The molecule has 4 nitrogen and oxygen atoms in total. The molecule has 0 bridgehead atoms. The van der Waals surface area contributed by atoms with Crippen molar-refractivity contribution in [2.24, 2.45) is 0 Å². The second-order valence-corrected chi connectivity index (χ2v) is 5.09. The summed E-state index contributed by atoms with van der Waals surface area (Å²) in [5.41, 5.74) is 7.98. The van der Waals surface area contributed by atoms with Gasteiger partial charge in [-0.25, -0.2) is 0 Å². The van der Waals surface area contributed by atoms with Gasteiger partial charge < -0.3 is 20.3 Å². The highest BCUT2D eigenvalue weighted by molar-refractivity contribution is 5.73. The van der Waals surface area contributed by atoms with E-state index in [2.05, 4.69) is 22.9 Å². The van der Waals surface area contributed by atoms with Gasteiger partial charge in [-0.1, -0.05) is 6.07 Å². The lowest BCUT2D eigenvalue weighted by atomic mass is 10.2. The summed E-state index contributed by atoms with van der Waals surface area (Å²) in [4.78, 5) is 4.73. The summed E-state index contributed by atoms with van der Waals surface area (Å²) in [5, 5.41) is 0. The number of hydrogen-bond donors (Lipinski definition) is 1. The van der Waals surface area contributed by atoms with Crippen LogP contribution < -0.4 is 15.4 Å². The third-order valence-corrected chi connectivity index (χ3v) is 3.70. The smallest absolute Gasteiger partial charge is 0.144 e. The number of likely N-dealkylation sites (N-methyl/N-ethyl adjacent to an activating group) is 1. The Morgan fingerprint density at radius 1 is 1.32 bits per heavy atom. The predicted molar refractivity (Wildman–Crippen MR) is 81.0 cm³/mol. The molecule has 0 saturated carbocycles. The minimum absolute atomic E-state index is 0.644. The lowest BCUT2D eigenvalue weighted by Gasteiger charge is -2.25. The van der Waals surface area contributed by atoms with E-state index in [0.717, 1.165) is 30.2 Å². The standard InChI is InChI=1S/C15H25N3O/c1-3-19-14-8-6-7-13(15(14)16)17(2)11-12-18-9-4-5-10-18/h6-8H,3-5,9-12,16H2,1-2H3. The molecule has 1 heterocycles. The van der Waals surface area contributed by atoms with Crippen LogP contribution in [0.1, 0.15) is 19.8 Å². The van der Waals surface area contributed by atoms with Gasteiger partial charge in [0.25, 0.3) is 0 Å². The van der Waals surface area contributed by atoms with Gasteiger partial charge in [0, 0.05) is 20.1 Å². The van der Waals surface area contributed by atoms with E-state index in [1.807, 2.05) is 19.1 Å². The van der Waals surface area contributed by atoms with E-state index in [1.54, 1.807) is 0 Å². The SMILES string of the molecule is CCOc1cccc(N(C)CCN2CCCC2)c1N. The van der Waals surface area contributed by atoms with E-state index in [1.165, 1.54) is 25.9 Å². The quantitative estimate of drug-likeness (QED) is 0.799. The van der Waals surface area contributed by atoms with Gasteiger partial charge in [-0.2, -0.15) is 0 Å². The molecule has 1 fully saturated rings. The summed E-state index contributed by atoms with van der Waals surface area (Å²) in [6.45, 7) is 7.20. The normalized spacial score (nSPS) is 15.7. The van der Waals surface area contributed by atoms with Crippen LogP contribution in [0.15, 0.2) is 18.2 Å². The molecule has 4 heteroatoms. The molecule has 0 radical (unpaired) electrons. The van der Waals surface area contributed by atoms with E-state index >= 15 is 0 Å². The molecule has 0 spiro atoms. The first-order valence-corrected chi connectivity index (χ1v) is 7.17. The molecule has 19 heavy (non-hydrogen) atoms. The number of benzene rings is 1. The molecule has 0 atom stereocenters. The van der Waals surface area contributed by atoms with Crippen LogP contribution in [-0.2, 0) is 0 Å². The highest BCUT2D eigenvalue weighted by Gasteiger charge is 2.14. The maximum Gasteiger partial charge on any atom is 0.144 e. The average molecular weight is 263 g/mol. The highest BCUT2D eigenvalue weighted by atomic mass is 16.5. The largest absolute Gasteiger partial charge is 0.492 e. The number of nitrogen functional groups attached to an aromatic ring is 1. The molecule has 0 amide bonds. The summed E-state index contributed by atoms with van der Waals surface area (Å²) in [7, 11) is 2.09. The Balaban J connectivity index is 1.97. The van der Waals surface area contributed by atoms with Crippen molar-refractivity contribution in [3.8, 4) is 5.75 Å². The van der Waals surface area contributed by atoms with Crippen molar-refractivity contribution < 1.29 is 4.74 Å². The van der Waals surface area contributed by atoms with Crippen LogP contribution in [0.3, 0.4) is 0 Å². The summed E-state index contributed by atoms with van der Waals surface area (Å²) in [5.74, 6) is 0.785. The fraction of sp³-hybridized carbons (Fsp3) is 0.600. The van der Waals surface area contributed by atoms with Gasteiger partial charge in [0.1, 0.15) is 5.75 Å². The topological polar surface area (TPSA) is 41.7 Å². The Bertz CT molecular complexity index is 402. The third kappa shape index (κ3) is 3.53. The zero-order valence-corrected chi connectivity index (χ0v) is 12.1. The van der Waals surface area contributed by atoms with Crippen molar-refractivity contribution in [1.29, 1.82) is 0 Å². The van der Waals surface area contributed by atoms with E-state index < -0.39 is 0 Å². The van der Waals surface area contributed by atoms with E-state index in [0.29, 0.717) is 6.61 Å². The zero-order chi connectivity index (χ0) is 13.7. The lowest BCUT2D eigenvalue weighted by Crippen LogP contribution is -2.31. The van der Waals surface area contributed by atoms with Gasteiger partial charge in [-0.05, 0) is 45.0 Å². The van der Waals surface area contributed by atoms with Gasteiger partial charge in [-0.3, -0.25) is 0 Å². The fourth-order valence-corrected chi connectivity index (χ4v) is 2.56.